The Bertz CT molecular complexity index is 1020. The van der Waals surface area contributed by atoms with Gasteiger partial charge in [-0.3, -0.25) is 9.10 Å². The van der Waals surface area contributed by atoms with Crippen molar-refractivity contribution >= 4 is 56.6 Å². The number of carbonyl (C=O) groups excluding carboxylic acids is 1. The van der Waals surface area contributed by atoms with E-state index in [9.17, 15) is 13.2 Å². The van der Waals surface area contributed by atoms with Gasteiger partial charge in [-0.05, 0) is 50.1 Å². The molecule has 0 bridgehead atoms. The van der Waals surface area contributed by atoms with Crippen LogP contribution in [0.4, 0.5) is 5.69 Å². The molecular formula is C23H28Cl2N2O3S2. The highest BCUT2D eigenvalue weighted by Crippen LogP contribution is 2.31. The summed E-state index contributed by atoms with van der Waals surface area (Å²) in [6.07, 6.45) is 6.34. The van der Waals surface area contributed by atoms with Gasteiger partial charge in [0.25, 0.3) is 10.0 Å². The number of sulfonamides is 1. The summed E-state index contributed by atoms with van der Waals surface area (Å²) in [5, 5.41) is 4.05. The average molecular weight is 516 g/mol. The van der Waals surface area contributed by atoms with Crippen LogP contribution in [-0.2, 0) is 14.8 Å². The van der Waals surface area contributed by atoms with E-state index in [1.165, 1.54) is 56.4 Å². The number of amides is 1. The van der Waals surface area contributed by atoms with E-state index in [0.717, 1.165) is 15.6 Å². The zero-order valence-electron chi connectivity index (χ0n) is 18.0. The van der Waals surface area contributed by atoms with Gasteiger partial charge in [0.15, 0.2) is 0 Å². The lowest BCUT2D eigenvalue weighted by atomic mass is 10.0. The van der Waals surface area contributed by atoms with Crippen molar-refractivity contribution in [1.82, 2.24) is 5.32 Å². The third kappa shape index (κ3) is 6.80. The molecule has 1 aliphatic rings. The van der Waals surface area contributed by atoms with E-state index in [1.54, 1.807) is 18.2 Å². The third-order valence-corrected chi connectivity index (χ3v) is 9.33. The highest BCUT2D eigenvalue weighted by Gasteiger charge is 2.27. The second-order valence-corrected chi connectivity index (χ2v) is 12.0. The van der Waals surface area contributed by atoms with Crippen molar-refractivity contribution in [2.45, 2.75) is 49.2 Å². The number of thioether (sulfide) groups is 1. The molecule has 32 heavy (non-hydrogen) atoms. The second kappa shape index (κ2) is 11.6. The normalized spacial score (nSPS) is 14.8. The lowest BCUT2D eigenvalue weighted by molar-refractivity contribution is -0.119. The van der Waals surface area contributed by atoms with Crippen LogP contribution in [0.15, 0.2) is 47.4 Å². The van der Waals surface area contributed by atoms with Gasteiger partial charge >= 0.3 is 0 Å². The first kappa shape index (κ1) is 25.2. The monoisotopic (exact) mass is 514 g/mol. The predicted molar refractivity (Wildman–Crippen MR) is 135 cm³/mol. The van der Waals surface area contributed by atoms with Gasteiger partial charge in [0.1, 0.15) is 6.54 Å². The fourth-order valence-electron chi connectivity index (χ4n) is 3.63. The van der Waals surface area contributed by atoms with Crippen molar-refractivity contribution in [3.8, 4) is 0 Å². The Labute approximate surface area is 204 Å². The minimum Gasteiger partial charge on any atom is -0.354 e. The smallest absolute Gasteiger partial charge is 0.264 e. The van der Waals surface area contributed by atoms with Crippen LogP contribution in [0.25, 0.3) is 0 Å². The highest BCUT2D eigenvalue weighted by molar-refractivity contribution is 7.99. The molecule has 0 heterocycles. The number of aryl methyl sites for hydroxylation is 1. The molecule has 0 radical (unpaired) electrons. The molecule has 1 aliphatic carbocycles. The van der Waals surface area contributed by atoms with E-state index < -0.39 is 10.0 Å². The zero-order chi connectivity index (χ0) is 23.1. The Balaban J connectivity index is 1.71. The molecule has 1 N–H and O–H groups in total. The van der Waals surface area contributed by atoms with E-state index in [2.05, 4.69) is 5.32 Å². The van der Waals surface area contributed by atoms with E-state index in [-0.39, 0.29) is 28.1 Å². The Hall–Kier alpha value is -1.41. The topological polar surface area (TPSA) is 66.5 Å². The number of nitrogens with zero attached hydrogens (tertiary/aromatic N) is 1. The van der Waals surface area contributed by atoms with Gasteiger partial charge in [-0.1, -0.05) is 60.2 Å². The maximum atomic E-state index is 13.4. The molecule has 0 unspecified atom stereocenters. The summed E-state index contributed by atoms with van der Waals surface area (Å²) in [5.74, 6) is 0.449. The highest BCUT2D eigenvalue weighted by atomic mass is 35.5. The van der Waals surface area contributed by atoms with Crippen LogP contribution in [0.3, 0.4) is 0 Å². The lowest BCUT2D eigenvalue weighted by Gasteiger charge is -2.25. The molecule has 1 fully saturated rings. The number of rotatable bonds is 9. The van der Waals surface area contributed by atoms with Crippen LogP contribution in [0.2, 0.25) is 10.0 Å². The number of carbonyl (C=O) groups is 1. The molecule has 0 saturated heterocycles. The molecule has 1 saturated carbocycles. The number of anilines is 1. The molecule has 0 atom stereocenters. The maximum Gasteiger partial charge on any atom is 0.264 e. The average Bonchev–Trinajstić information content (AvgIpc) is 2.78. The molecule has 2 aromatic carbocycles. The van der Waals surface area contributed by atoms with Gasteiger partial charge in [-0.25, -0.2) is 8.42 Å². The SMILES string of the molecule is Cc1ccc(S(=O)(=O)N(CC(=O)NCCSC2CCCCC2)c2ccc(Cl)c(Cl)c2)cc1. The first-order chi connectivity index (χ1) is 15.3. The summed E-state index contributed by atoms with van der Waals surface area (Å²) in [6.45, 7) is 2.04. The van der Waals surface area contributed by atoms with E-state index >= 15 is 0 Å². The standard InChI is InChI=1S/C23H28Cl2N2O3S2/c1-17-7-10-20(11-8-17)32(29,30)27(18-9-12-21(24)22(25)15-18)16-23(28)26-13-14-31-19-5-3-2-4-6-19/h7-12,15,19H,2-6,13-14,16H2,1H3,(H,26,28). The van der Waals surface area contributed by atoms with Crippen molar-refractivity contribution in [2.24, 2.45) is 0 Å². The van der Waals surface area contributed by atoms with Crippen molar-refractivity contribution < 1.29 is 13.2 Å². The van der Waals surface area contributed by atoms with Gasteiger partial charge in [0.2, 0.25) is 5.91 Å². The third-order valence-electron chi connectivity index (χ3n) is 5.42. The van der Waals surface area contributed by atoms with Gasteiger partial charge in [-0.15, -0.1) is 0 Å². The van der Waals surface area contributed by atoms with E-state index in [0.29, 0.717) is 16.8 Å². The molecule has 174 valence electrons. The van der Waals surface area contributed by atoms with Gasteiger partial charge in [0.05, 0.1) is 20.6 Å². The minimum absolute atomic E-state index is 0.106. The molecule has 9 heteroatoms. The minimum atomic E-state index is -3.98. The lowest BCUT2D eigenvalue weighted by Crippen LogP contribution is -2.41. The first-order valence-corrected chi connectivity index (χ1v) is 13.9. The molecule has 5 nitrogen and oxygen atoms in total. The Morgan fingerprint density at radius 3 is 2.41 bits per heavy atom. The summed E-state index contributed by atoms with van der Waals surface area (Å²) in [4.78, 5) is 12.8. The summed E-state index contributed by atoms with van der Waals surface area (Å²) in [6, 6.07) is 11.1. The maximum absolute atomic E-state index is 13.4. The molecule has 1 amide bonds. The van der Waals surface area contributed by atoms with Crippen LogP contribution in [0.1, 0.15) is 37.7 Å². The van der Waals surface area contributed by atoms with Crippen LogP contribution in [0, 0.1) is 6.92 Å². The number of nitrogens with one attached hydrogen (secondary N) is 1. The molecule has 0 spiro atoms. The molecule has 2 aromatic rings. The van der Waals surface area contributed by atoms with Crippen molar-refractivity contribution in [1.29, 1.82) is 0 Å². The fraction of sp³-hybridized carbons (Fsp3) is 0.435. The summed E-state index contributed by atoms with van der Waals surface area (Å²) in [5.41, 5.74) is 1.23. The number of benzene rings is 2. The quantitative estimate of drug-likeness (QED) is 0.437. The Kier molecular flexibility index (Phi) is 9.17. The summed E-state index contributed by atoms with van der Waals surface area (Å²) < 4.78 is 27.8. The van der Waals surface area contributed by atoms with Crippen molar-refractivity contribution in [3.05, 3.63) is 58.1 Å². The predicted octanol–water partition coefficient (Wildman–Crippen LogP) is 5.68. The van der Waals surface area contributed by atoms with Crippen LogP contribution >= 0.6 is 35.0 Å². The van der Waals surface area contributed by atoms with Crippen molar-refractivity contribution in [3.63, 3.8) is 0 Å². The van der Waals surface area contributed by atoms with Gasteiger partial charge in [0, 0.05) is 17.5 Å². The van der Waals surface area contributed by atoms with Crippen LogP contribution in [0.5, 0.6) is 0 Å². The molecule has 0 aliphatic heterocycles. The van der Waals surface area contributed by atoms with Crippen LogP contribution < -0.4 is 9.62 Å². The van der Waals surface area contributed by atoms with Gasteiger partial charge < -0.3 is 5.32 Å². The van der Waals surface area contributed by atoms with E-state index in [1.807, 2.05) is 18.7 Å². The first-order valence-electron chi connectivity index (χ1n) is 10.7. The summed E-state index contributed by atoms with van der Waals surface area (Å²) in [7, 11) is -3.98. The van der Waals surface area contributed by atoms with E-state index in [4.69, 9.17) is 23.2 Å². The zero-order valence-corrected chi connectivity index (χ0v) is 21.2. The number of hydrogen-bond acceptors (Lipinski definition) is 4. The summed E-state index contributed by atoms with van der Waals surface area (Å²) >= 11 is 14.0. The number of hydrogen-bond donors (Lipinski definition) is 1. The molecule has 0 aromatic heterocycles. The van der Waals surface area contributed by atoms with Gasteiger partial charge in [-0.2, -0.15) is 11.8 Å². The molecular weight excluding hydrogens is 487 g/mol. The second-order valence-electron chi connectivity index (χ2n) is 7.90. The largest absolute Gasteiger partial charge is 0.354 e. The number of halogens is 2. The van der Waals surface area contributed by atoms with Crippen LogP contribution in [-0.4, -0.2) is 38.4 Å². The van der Waals surface area contributed by atoms with Crippen molar-refractivity contribution in [2.75, 3.05) is 23.1 Å². The Morgan fingerprint density at radius 1 is 1.06 bits per heavy atom. The molecule has 3 rings (SSSR count). The fourth-order valence-corrected chi connectivity index (χ4v) is 6.55. The Morgan fingerprint density at radius 2 is 1.75 bits per heavy atom.